The third-order valence-corrected chi connectivity index (χ3v) is 5.15. The van der Waals surface area contributed by atoms with Gasteiger partial charge in [0.1, 0.15) is 0 Å². The molecule has 1 fully saturated rings. The Hall–Kier alpha value is -1.05. The van der Waals surface area contributed by atoms with E-state index in [9.17, 15) is 14.2 Å². The van der Waals surface area contributed by atoms with Crippen molar-refractivity contribution in [1.82, 2.24) is 4.90 Å². The van der Waals surface area contributed by atoms with Gasteiger partial charge >= 0.3 is 7.82 Å². The third kappa shape index (κ3) is 8.56. The van der Waals surface area contributed by atoms with Crippen LogP contribution in [0, 0.1) is 0 Å². The summed E-state index contributed by atoms with van der Waals surface area (Å²) < 4.78 is 19.9. The van der Waals surface area contributed by atoms with Gasteiger partial charge in [0.05, 0.1) is 19.8 Å². The molecule has 2 rings (SSSR count). The largest absolute Gasteiger partial charge is 0.472 e. The quantitative estimate of drug-likeness (QED) is 0.353. The van der Waals surface area contributed by atoms with E-state index in [-0.39, 0.29) is 37.7 Å². The number of unbranched alkanes of at least 4 members (excludes halogenated alkanes) is 2. The summed E-state index contributed by atoms with van der Waals surface area (Å²) in [6, 6.07) is 0.170. The summed E-state index contributed by atoms with van der Waals surface area (Å²) in [5.74, 6) is -0.256. The summed E-state index contributed by atoms with van der Waals surface area (Å²) in [6.07, 6.45) is 11.0. The molecular formula is C17H30NO7P. The molecule has 0 spiro atoms. The Morgan fingerprint density at radius 3 is 2.19 bits per heavy atom. The highest BCUT2D eigenvalue weighted by Gasteiger charge is 2.31. The lowest BCUT2D eigenvalue weighted by molar-refractivity contribution is -0.140. The van der Waals surface area contributed by atoms with E-state index in [2.05, 4.69) is 9.05 Å². The molecule has 0 aromatic rings. The number of rotatable bonds is 9. The Morgan fingerprint density at radius 1 is 1.08 bits per heavy atom. The lowest BCUT2D eigenvalue weighted by Crippen LogP contribution is -2.41. The van der Waals surface area contributed by atoms with Gasteiger partial charge in [-0.15, -0.1) is 0 Å². The van der Waals surface area contributed by atoms with E-state index in [0.29, 0.717) is 0 Å². The fourth-order valence-corrected chi connectivity index (χ4v) is 3.58. The van der Waals surface area contributed by atoms with Gasteiger partial charge in [0.2, 0.25) is 0 Å². The Kier molecular flexibility index (Phi) is 10.9. The molecule has 8 nitrogen and oxygen atoms in total. The maximum Gasteiger partial charge on any atom is 0.472 e. The Labute approximate surface area is 154 Å². The van der Waals surface area contributed by atoms with Crippen LogP contribution >= 0.6 is 7.82 Å². The van der Waals surface area contributed by atoms with Crippen molar-refractivity contribution >= 4 is 19.6 Å². The molecule has 1 aliphatic carbocycles. The molecule has 26 heavy (non-hydrogen) atoms. The highest BCUT2D eigenvalue weighted by atomic mass is 31.2. The molecule has 2 N–H and O–H groups in total. The molecule has 1 heterocycles. The maximum atomic E-state index is 11.3. The molecule has 2 amide bonds. The number of nitrogens with zero attached hydrogens (tertiary/aromatic N) is 1. The third-order valence-electron chi connectivity index (χ3n) is 4.13. The molecule has 2 aliphatic rings. The van der Waals surface area contributed by atoms with E-state index in [4.69, 9.17) is 10.00 Å². The van der Waals surface area contributed by atoms with Gasteiger partial charge in [-0.2, -0.15) is 0 Å². The van der Waals surface area contributed by atoms with E-state index in [0.717, 1.165) is 44.9 Å². The van der Waals surface area contributed by atoms with Crippen LogP contribution < -0.4 is 0 Å². The minimum Gasteiger partial charge on any atom is -0.394 e. The zero-order valence-electron chi connectivity index (χ0n) is 15.3. The number of carbonyl (C=O) groups is 2. The van der Waals surface area contributed by atoms with Crippen molar-refractivity contribution in [1.29, 1.82) is 0 Å². The van der Waals surface area contributed by atoms with Crippen LogP contribution in [-0.2, 0) is 23.2 Å². The van der Waals surface area contributed by atoms with Crippen LogP contribution in [0.5, 0.6) is 0 Å². The molecule has 0 bridgehead atoms. The van der Waals surface area contributed by atoms with Crippen molar-refractivity contribution in [2.45, 2.75) is 64.3 Å². The van der Waals surface area contributed by atoms with Crippen LogP contribution in [0.25, 0.3) is 0 Å². The average molecular weight is 391 g/mol. The number of phosphoric acid groups is 1. The zero-order valence-corrected chi connectivity index (χ0v) is 16.2. The maximum absolute atomic E-state index is 11.3. The number of phosphoric ester groups is 1. The zero-order chi connectivity index (χ0) is 19.4. The van der Waals surface area contributed by atoms with E-state index in [1.807, 2.05) is 6.92 Å². The van der Waals surface area contributed by atoms with Gasteiger partial charge in [-0.1, -0.05) is 39.0 Å². The lowest BCUT2D eigenvalue weighted by atomic mass is 9.94. The van der Waals surface area contributed by atoms with Crippen LogP contribution in [0.4, 0.5) is 0 Å². The number of aliphatic hydroxyl groups is 1. The van der Waals surface area contributed by atoms with Crippen molar-refractivity contribution in [3.8, 4) is 0 Å². The van der Waals surface area contributed by atoms with Crippen molar-refractivity contribution < 1.29 is 33.2 Å². The Bertz CT molecular complexity index is 499. The predicted molar refractivity (Wildman–Crippen MR) is 96.2 cm³/mol. The highest BCUT2D eigenvalue weighted by Crippen LogP contribution is 2.42. The smallest absolute Gasteiger partial charge is 0.394 e. The first kappa shape index (κ1) is 23.0. The highest BCUT2D eigenvalue weighted by molar-refractivity contribution is 7.47. The number of imide groups is 1. The normalized spacial score (nSPS) is 20.0. The summed E-state index contributed by atoms with van der Waals surface area (Å²) >= 11 is 0. The minimum absolute atomic E-state index is 0.128. The van der Waals surface area contributed by atoms with Gasteiger partial charge in [0.15, 0.2) is 0 Å². The van der Waals surface area contributed by atoms with Crippen LogP contribution in [-0.4, -0.2) is 52.6 Å². The minimum atomic E-state index is -3.91. The first-order chi connectivity index (χ1) is 12.4. The fourth-order valence-electron chi connectivity index (χ4n) is 2.84. The second-order valence-electron chi connectivity index (χ2n) is 6.24. The number of carbonyl (C=O) groups excluding carboxylic acids is 2. The lowest BCUT2D eigenvalue weighted by Gasteiger charge is -2.29. The van der Waals surface area contributed by atoms with Crippen LogP contribution in [0.1, 0.15) is 58.3 Å². The van der Waals surface area contributed by atoms with Gasteiger partial charge in [-0.05, 0) is 19.3 Å². The summed E-state index contributed by atoms with van der Waals surface area (Å²) in [4.78, 5) is 33.0. The van der Waals surface area contributed by atoms with Gasteiger partial charge in [-0.25, -0.2) is 4.57 Å². The van der Waals surface area contributed by atoms with Gasteiger partial charge in [0.25, 0.3) is 11.8 Å². The van der Waals surface area contributed by atoms with E-state index >= 15 is 0 Å². The number of amides is 2. The molecule has 0 aromatic heterocycles. The molecule has 1 saturated carbocycles. The van der Waals surface area contributed by atoms with Crippen molar-refractivity contribution in [2.75, 3.05) is 19.8 Å². The van der Waals surface area contributed by atoms with E-state index < -0.39 is 7.82 Å². The topological polar surface area (TPSA) is 113 Å². The molecule has 0 aromatic carbocycles. The molecule has 150 valence electrons. The van der Waals surface area contributed by atoms with Gasteiger partial charge in [0, 0.05) is 18.2 Å². The van der Waals surface area contributed by atoms with Crippen LogP contribution in [0.3, 0.4) is 0 Å². The Morgan fingerprint density at radius 2 is 1.65 bits per heavy atom. The van der Waals surface area contributed by atoms with Crippen LogP contribution in [0.2, 0.25) is 0 Å². The van der Waals surface area contributed by atoms with Crippen molar-refractivity contribution in [3.05, 3.63) is 12.2 Å². The van der Waals surface area contributed by atoms with Crippen LogP contribution in [0.15, 0.2) is 12.2 Å². The molecule has 1 aliphatic heterocycles. The molecular weight excluding hydrogens is 361 g/mol. The average Bonchev–Trinajstić information content (AvgIpc) is 2.97. The molecule has 0 saturated heterocycles. The molecule has 1 atom stereocenters. The first-order valence-electron chi connectivity index (χ1n) is 9.19. The van der Waals surface area contributed by atoms with Gasteiger partial charge < -0.3 is 10.00 Å². The number of hydrogen-bond acceptors (Lipinski definition) is 6. The fraction of sp³-hybridized carbons (Fsp3) is 0.765. The number of hydrogen-bond donors (Lipinski definition) is 2. The summed E-state index contributed by atoms with van der Waals surface area (Å²) in [6.45, 7) is 1.78. The van der Waals surface area contributed by atoms with Crippen molar-refractivity contribution in [3.63, 3.8) is 0 Å². The molecule has 1 unspecified atom stereocenters. The van der Waals surface area contributed by atoms with E-state index in [1.165, 1.54) is 23.5 Å². The summed E-state index contributed by atoms with van der Waals surface area (Å²) in [5, 5.41) is 8.33. The first-order valence-corrected chi connectivity index (χ1v) is 10.7. The Balaban J connectivity index is 0.000000260. The molecule has 9 heteroatoms. The molecule has 0 radical (unpaired) electrons. The second-order valence-corrected chi connectivity index (χ2v) is 7.69. The standard InChI is InChI=1S/C10H13NO2.C7H17O5P/c12-9-6-7-10(13)11(9)8-4-2-1-3-5-8;1-2-3-4-6-11-13(9,10)12-7-5-8/h6-8H,1-5H2;8H,2-7H2,1H3,(H,9,10). The predicted octanol–water partition coefficient (Wildman–Crippen LogP) is 2.55. The number of aliphatic hydroxyl groups excluding tert-OH is 1. The summed E-state index contributed by atoms with van der Waals surface area (Å²) in [7, 11) is -3.91. The van der Waals surface area contributed by atoms with Crippen molar-refractivity contribution in [2.24, 2.45) is 0 Å². The summed E-state index contributed by atoms with van der Waals surface area (Å²) in [5.41, 5.74) is 0. The second kappa shape index (κ2) is 12.4. The SMILES string of the molecule is CCCCCOP(=O)(O)OCCO.O=C1C=CC(=O)N1C1CCCCC1. The van der Waals surface area contributed by atoms with E-state index in [1.54, 1.807) is 0 Å². The van der Waals surface area contributed by atoms with Gasteiger partial charge in [-0.3, -0.25) is 23.5 Å². The monoisotopic (exact) mass is 391 g/mol.